The van der Waals surface area contributed by atoms with Gasteiger partial charge in [-0.25, -0.2) is 0 Å². The first-order valence-electron chi connectivity index (χ1n) is 5.56. The van der Waals surface area contributed by atoms with Gasteiger partial charge in [0.15, 0.2) is 0 Å². The Kier molecular flexibility index (Phi) is 17.2. The molecule has 0 aliphatic rings. The molecule has 110 valence electrons. The highest BCUT2D eigenvalue weighted by Crippen LogP contribution is 2.02. The highest BCUT2D eigenvalue weighted by atomic mass is 16.6. The van der Waals surface area contributed by atoms with Gasteiger partial charge < -0.3 is 14.8 Å². The van der Waals surface area contributed by atoms with Crippen molar-refractivity contribution in [1.29, 1.82) is 0 Å². The van der Waals surface area contributed by atoms with E-state index in [1.165, 1.54) is 6.92 Å². The Balaban J connectivity index is -0.00000112. The zero-order chi connectivity index (χ0) is 12.4. The first-order valence-corrected chi connectivity index (χ1v) is 5.56. The monoisotopic (exact) mass is 263 g/mol. The third kappa shape index (κ3) is 13.0. The molecule has 5 heteroatoms. The molecule has 1 unspecified atom stereocenters. The van der Waals surface area contributed by atoms with Crippen molar-refractivity contribution in [3.05, 3.63) is 0 Å². The van der Waals surface area contributed by atoms with Crippen LogP contribution in [0.4, 0.5) is 0 Å². The number of nitrogens with one attached hydrogen (secondary N) is 1. The van der Waals surface area contributed by atoms with Crippen molar-refractivity contribution in [2.24, 2.45) is 5.92 Å². The summed E-state index contributed by atoms with van der Waals surface area (Å²) in [5, 5.41) is 2.60. The molecular weight excluding hydrogens is 234 g/mol. The van der Waals surface area contributed by atoms with Crippen LogP contribution in [0.15, 0.2) is 0 Å². The van der Waals surface area contributed by atoms with Crippen LogP contribution in [-0.4, -0.2) is 38.2 Å². The quantitative estimate of drug-likeness (QED) is 0.537. The van der Waals surface area contributed by atoms with Gasteiger partial charge in [0.25, 0.3) is 0 Å². The highest BCUT2D eigenvalue weighted by Gasteiger charge is 2.10. The topological polar surface area (TPSA) is 64.6 Å². The number of amides is 1. The molecule has 0 fully saturated rings. The van der Waals surface area contributed by atoms with Gasteiger partial charge in [-0.2, -0.15) is 0 Å². The Morgan fingerprint density at radius 3 is 2.28 bits per heavy atom. The van der Waals surface area contributed by atoms with Crippen molar-refractivity contribution in [1.82, 2.24) is 5.32 Å². The summed E-state index contributed by atoms with van der Waals surface area (Å²) in [6.07, 6.45) is 0.780. The fraction of sp³-hybridized carbons (Fsp3) is 0.846. The Hall–Kier alpha value is -1.10. The molecule has 0 aromatic rings. The van der Waals surface area contributed by atoms with Gasteiger partial charge in [0.05, 0.1) is 19.1 Å². The summed E-state index contributed by atoms with van der Waals surface area (Å²) in [6.45, 7) is 6.77. The number of carbonyl (C=O) groups excluding carboxylic acids is 2. The molecule has 1 atom stereocenters. The summed E-state index contributed by atoms with van der Waals surface area (Å²) in [5.41, 5.74) is 0. The second-order valence-corrected chi connectivity index (χ2v) is 3.57. The third-order valence-corrected chi connectivity index (χ3v) is 2.11. The van der Waals surface area contributed by atoms with Crippen LogP contribution in [0.3, 0.4) is 0 Å². The Morgan fingerprint density at radius 2 is 1.78 bits per heavy atom. The van der Waals surface area contributed by atoms with Crippen molar-refractivity contribution in [2.75, 3.05) is 26.4 Å². The van der Waals surface area contributed by atoms with Crippen molar-refractivity contribution in [3.63, 3.8) is 0 Å². The van der Waals surface area contributed by atoms with Gasteiger partial charge in [-0.15, -0.1) is 0 Å². The van der Waals surface area contributed by atoms with Crippen molar-refractivity contribution < 1.29 is 19.1 Å². The number of hydrogen-bond donors (Lipinski definition) is 1. The Morgan fingerprint density at radius 1 is 1.17 bits per heavy atom. The summed E-state index contributed by atoms with van der Waals surface area (Å²) in [5.74, 6) is -0.320. The van der Waals surface area contributed by atoms with E-state index in [0.29, 0.717) is 19.8 Å². The third-order valence-electron chi connectivity index (χ3n) is 2.11. The molecule has 5 nitrogen and oxygen atoms in total. The molecule has 0 bridgehead atoms. The maximum atomic E-state index is 11.2. The Labute approximate surface area is 111 Å². The van der Waals surface area contributed by atoms with Crippen LogP contribution in [0, 0.1) is 5.92 Å². The molecule has 0 radical (unpaired) electrons. The van der Waals surface area contributed by atoms with E-state index in [1.54, 1.807) is 0 Å². The van der Waals surface area contributed by atoms with Crippen molar-refractivity contribution in [2.45, 2.75) is 42.0 Å². The van der Waals surface area contributed by atoms with E-state index in [9.17, 15) is 9.59 Å². The maximum Gasteiger partial charge on any atom is 0.308 e. The fourth-order valence-corrected chi connectivity index (χ4v) is 0.911. The molecule has 0 saturated carbocycles. The predicted octanol–water partition coefficient (Wildman–Crippen LogP) is 2.00. The summed E-state index contributed by atoms with van der Waals surface area (Å²) in [4.78, 5) is 21.7. The van der Waals surface area contributed by atoms with Gasteiger partial charge in [0, 0.05) is 13.5 Å². The largest absolute Gasteiger partial charge is 0.463 e. The minimum absolute atomic E-state index is 0. The number of rotatable bonds is 8. The van der Waals surface area contributed by atoms with E-state index >= 15 is 0 Å². The second kappa shape index (κ2) is 14.0. The van der Waals surface area contributed by atoms with Crippen LogP contribution in [0.2, 0.25) is 0 Å². The lowest BCUT2D eigenvalue weighted by Crippen LogP contribution is -2.25. The molecule has 0 aliphatic carbocycles. The van der Waals surface area contributed by atoms with Crippen LogP contribution in [0.5, 0.6) is 0 Å². The standard InChI is InChI=1S/C11H21NO4.2CH4/c1-4-9(2)11(14)16-8-7-15-6-5-12-10(3)13;;/h9H,4-8H2,1-3H3,(H,12,13);2*1H4. The molecule has 0 aliphatic heterocycles. The van der Waals surface area contributed by atoms with E-state index in [-0.39, 0.29) is 39.3 Å². The van der Waals surface area contributed by atoms with Crippen LogP contribution in [-0.2, 0) is 19.1 Å². The van der Waals surface area contributed by atoms with E-state index < -0.39 is 0 Å². The lowest BCUT2D eigenvalue weighted by molar-refractivity contribution is -0.149. The zero-order valence-corrected chi connectivity index (χ0v) is 10.2. The number of hydrogen-bond acceptors (Lipinski definition) is 4. The number of ether oxygens (including phenoxy) is 2. The smallest absolute Gasteiger partial charge is 0.308 e. The SMILES string of the molecule is C.C.CCC(C)C(=O)OCCOCCNC(C)=O. The van der Waals surface area contributed by atoms with Crippen LogP contribution < -0.4 is 5.32 Å². The van der Waals surface area contributed by atoms with Crippen LogP contribution in [0.1, 0.15) is 42.0 Å². The predicted molar refractivity (Wildman–Crippen MR) is 73.4 cm³/mol. The summed E-state index contributed by atoms with van der Waals surface area (Å²) >= 11 is 0. The number of carbonyl (C=O) groups is 2. The first kappa shape index (κ1) is 22.1. The highest BCUT2D eigenvalue weighted by molar-refractivity contribution is 5.72. The lowest BCUT2D eigenvalue weighted by Gasteiger charge is -2.09. The molecule has 1 amide bonds. The first-order chi connectivity index (χ1) is 7.57. The van der Waals surface area contributed by atoms with Gasteiger partial charge in [-0.05, 0) is 6.42 Å². The van der Waals surface area contributed by atoms with E-state index in [1.807, 2.05) is 13.8 Å². The van der Waals surface area contributed by atoms with Crippen LogP contribution in [0.25, 0.3) is 0 Å². The normalized spacial score (nSPS) is 10.6. The minimum Gasteiger partial charge on any atom is -0.463 e. The average Bonchev–Trinajstić information content (AvgIpc) is 2.25. The summed E-state index contributed by atoms with van der Waals surface area (Å²) in [6, 6.07) is 0. The average molecular weight is 263 g/mol. The molecule has 1 N–H and O–H groups in total. The van der Waals surface area contributed by atoms with Gasteiger partial charge >= 0.3 is 5.97 Å². The zero-order valence-electron chi connectivity index (χ0n) is 10.2. The van der Waals surface area contributed by atoms with Gasteiger partial charge in [0.2, 0.25) is 5.91 Å². The van der Waals surface area contributed by atoms with E-state index in [2.05, 4.69) is 5.32 Å². The molecule has 0 spiro atoms. The number of esters is 1. The molecule has 0 rings (SSSR count). The summed E-state index contributed by atoms with van der Waals surface area (Å²) < 4.78 is 10.1. The minimum atomic E-state index is -0.187. The van der Waals surface area contributed by atoms with Crippen molar-refractivity contribution in [3.8, 4) is 0 Å². The van der Waals surface area contributed by atoms with E-state index in [0.717, 1.165) is 6.42 Å². The van der Waals surface area contributed by atoms with E-state index in [4.69, 9.17) is 9.47 Å². The lowest BCUT2D eigenvalue weighted by atomic mass is 10.1. The fourth-order valence-electron chi connectivity index (χ4n) is 0.911. The Bertz CT molecular complexity index is 219. The summed E-state index contributed by atoms with van der Waals surface area (Å²) in [7, 11) is 0. The molecule has 0 aromatic heterocycles. The van der Waals surface area contributed by atoms with Gasteiger partial charge in [0.1, 0.15) is 6.61 Å². The molecule has 18 heavy (non-hydrogen) atoms. The van der Waals surface area contributed by atoms with Crippen molar-refractivity contribution >= 4 is 11.9 Å². The molecular formula is C13H29NO4. The second-order valence-electron chi connectivity index (χ2n) is 3.57. The molecule has 0 heterocycles. The van der Waals surface area contributed by atoms with Gasteiger partial charge in [-0.3, -0.25) is 9.59 Å². The molecule has 0 saturated heterocycles. The van der Waals surface area contributed by atoms with Gasteiger partial charge in [-0.1, -0.05) is 28.7 Å². The van der Waals surface area contributed by atoms with Crippen LogP contribution >= 0.6 is 0 Å². The molecule has 0 aromatic carbocycles. The maximum absolute atomic E-state index is 11.2.